The number of aromatic nitrogens is 2. The summed E-state index contributed by atoms with van der Waals surface area (Å²) >= 11 is 6.47. The van der Waals surface area contributed by atoms with E-state index in [0.717, 1.165) is 5.56 Å². The molecular formula is C20H27ClFN5O3S. The molecule has 1 fully saturated rings. The van der Waals surface area contributed by atoms with Crippen molar-refractivity contribution < 1.29 is 17.6 Å². The van der Waals surface area contributed by atoms with Crippen molar-refractivity contribution in [2.24, 2.45) is 0 Å². The number of rotatable bonds is 7. The summed E-state index contributed by atoms with van der Waals surface area (Å²) in [5, 5.41) is 4.59. The predicted octanol–water partition coefficient (Wildman–Crippen LogP) is 2.38. The third-order valence-electron chi connectivity index (χ3n) is 5.41. The van der Waals surface area contributed by atoms with E-state index in [1.807, 2.05) is 0 Å². The fraction of sp³-hybridized carbons (Fsp3) is 0.500. The lowest BCUT2D eigenvalue weighted by Gasteiger charge is -2.36. The molecule has 1 saturated heterocycles. The van der Waals surface area contributed by atoms with Gasteiger partial charge in [-0.15, -0.1) is 0 Å². The molecule has 0 spiro atoms. The fourth-order valence-electron chi connectivity index (χ4n) is 3.66. The van der Waals surface area contributed by atoms with Crippen LogP contribution in [0.2, 0.25) is 5.15 Å². The second-order valence-corrected chi connectivity index (χ2v) is 9.61. The quantitative estimate of drug-likeness (QED) is 0.621. The highest BCUT2D eigenvalue weighted by atomic mass is 35.5. The van der Waals surface area contributed by atoms with E-state index in [2.05, 4.69) is 5.10 Å². The van der Waals surface area contributed by atoms with Crippen LogP contribution in [0.4, 0.5) is 4.39 Å². The first-order valence-electron chi connectivity index (χ1n) is 10.2. The van der Waals surface area contributed by atoms with Crippen molar-refractivity contribution in [2.45, 2.75) is 27.3 Å². The second kappa shape index (κ2) is 9.64. The lowest BCUT2D eigenvalue weighted by Crippen LogP contribution is -2.54. The van der Waals surface area contributed by atoms with E-state index in [0.29, 0.717) is 30.9 Å². The van der Waals surface area contributed by atoms with Gasteiger partial charge in [-0.05, 0) is 24.6 Å². The van der Waals surface area contributed by atoms with E-state index < -0.39 is 10.2 Å². The lowest BCUT2D eigenvalue weighted by molar-refractivity contribution is 0.0693. The molecule has 2 heterocycles. The van der Waals surface area contributed by atoms with Crippen LogP contribution in [0.5, 0.6) is 0 Å². The number of hydrogen-bond donors (Lipinski definition) is 0. The van der Waals surface area contributed by atoms with Gasteiger partial charge in [0.05, 0.1) is 17.8 Å². The number of carbonyl (C=O) groups is 1. The van der Waals surface area contributed by atoms with Gasteiger partial charge in [-0.25, -0.2) is 9.07 Å². The van der Waals surface area contributed by atoms with Crippen LogP contribution in [0, 0.1) is 12.7 Å². The van der Waals surface area contributed by atoms with Gasteiger partial charge in [0.1, 0.15) is 11.0 Å². The first-order chi connectivity index (χ1) is 14.7. The molecule has 0 radical (unpaired) electrons. The minimum atomic E-state index is -3.53. The zero-order chi connectivity index (χ0) is 22.8. The average Bonchev–Trinajstić information content (AvgIpc) is 3.03. The first kappa shape index (κ1) is 23.6. The van der Waals surface area contributed by atoms with Crippen LogP contribution in [0.15, 0.2) is 24.3 Å². The molecule has 0 aliphatic carbocycles. The summed E-state index contributed by atoms with van der Waals surface area (Å²) < 4.78 is 42.8. The van der Waals surface area contributed by atoms with Crippen LogP contribution < -0.4 is 0 Å². The Balaban J connectivity index is 1.71. The maximum absolute atomic E-state index is 13.1. The molecule has 8 nitrogen and oxygen atoms in total. The highest BCUT2D eigenvalue weighted by Crippen LogP contribution is 2.24. The fourth-order valence-corrected chi connectivity index (χ4v) is 5.58. The summed E-state index contributed by atoms with van der Waals surface area (Å²) in [6, 6.07) is 5.99. The number of carbonyl (C=O) groups excluding carboxylic acids is 1. The van der Waals surface area contributed by atoms with Crippen LogP contribution in [-0.4, -0.2) is 76.9 Å². The molecule has 1 aromatic heterocycles. The molecule has 170 valence electrons. The zero-order valence-corrected chi connectivity index (χ0v) is 19.5. The Morgan fingerprint density at radius 1 is 1.13 bits per heavy atom. The highest BCUT2D eigenvalue weighted by Gasteiger charge is 2.34. The molecular weight excluding hydrogens is 445 g/mol. The summed E-state index contributed by atoms with van der Waals surface area (Å²) in [5.41, 5.74) is 1.61. The third-order valence-corrected chi connectivity index (χ3v) is 7.98. The monoisotopic (exact) mass is 471 g/mol. The van der Waals surface area contributed by atoms with E-state index >= 15 is 0 Å². The molecule has 0 bridgehead atoms. The van der Waals surface area contributed by atoms with Crippen molar-refractivity contribution >= 4 is 27.7 Å². The van der Waals surface area contributed by atoms with Crippen molar-refractivity contribution in [3.8, 4) is 0 Å². The van der Waals surface area contributed by atoms with Crippen molar-refractivity contribution in [1.82, 2.24) is 23.3 Å². The Morgan fingerprint density at radius 2 is 1.71 bits per heavy atom. The van der Waals surface area contributed by atoms with Crippen LogP contribution in [0.3, 0.4) is 0 Å². The van der Waals surface area contributed by atoms with Crippen LogP contribution in [0.1, 0.15) is 35.5 Å². The van der Waals surface area contributed by atoms with Crippen molar-refractivity contribution in [3.63, 3.8) is 0 Å². The summed E-state index contributed by atoms with van der Waals surface area (Å²) in [6.45, 7) is 7.43. The number of piperazine rings is 1. The number of aryl methyl sites for hydroxylation is 1. The number of benzene rings is 1. The summed E-state index contributed by atoms with van der Waals surface area (Å²) in [4.78, 5) is 14.7. The minimum absolute atomic E-state index is 0.213. The van der Waals surface area contributed by atoms with Gasteiger partial charge in [-0.3, -0.25) is 4.79 Å². The Hall–Kier alpha value is -2.01. The van der Waals surface area contributed by atoms with Gasteiger partial charge < -0.3 is 4.90 Å². The zero-order valence-electron chi connectivity index (χ0n) is 17.9. The smallest absolute Gasteiger partial charge is 0.282 e. The van der Waals surface area contributed by atoms with E-state index in [-0.39, 0.29) is 43.1 Å². The molecule has 11 heteroatoms. The normalized spacial score (nSPS) is 15.6. The van der Waals surface area contributed by atoms with E-state index in [4.69, 9.17) is 11.6 Å². The highest BCUT2D eigenvalue weighted by molar-refractivity contribution is 7.86. The molecule has 0 unspecified atom stereocenters. The molecule has 3 rings (SSSR count). The van der Waals surface area contributed by atoms with Gasteiger partial charge in [0.25, 0.3) is 16.1 Å². The number of nitrogens with zero attached hydrogens (tertiary/aromatic N) is 5. The van der Waals surface area contributed by atoms with Crippen molar-refractivity contribution in [1.29, 1.82) is 0 Å². The van der Waals surface area contributed by atoms with Crippen molar-refractivity contribution in [3.05, 3.63) is 52.1 Å². The first-order valence-corrected chi connectivity index (χ1v) is 12.0. The molecule has 1 aliphatic heterocycles. The van der Waals surface area contributed by atoms with Gasteiger partial charge in [-0.2, -0.15) is 22.1 Å². The van der Waals surface area contributed by atoms with Gasteiger partial charge in [-0.1, -0.05) is 37.6 Å². The molecule has 0 N–H and O–H groups in total. The van der Waals surface area contributed by atoms with Crippen LogP contribution >= 0.6 is 11.6 Å². The molecule has 1 aromatic carbocycles. The maximum Gasteiger partial charge on any atom is 0.282 e. The Bertz CT molecular complexity index is 1030. The Morgan fingerprint density at radius 3 is 2.26 bits per heavy atom. The Kier molecular flexibility index (Phi) is 7.35. The summed E-state index contributed by atoms with van der Waals surface area (Å²) in [7, 11) is -3.53. The molecule has 0 saturated carbocycles. The lowest BCUT2D eigenvalue weighted by atomic mass is 10.2. The minimum Gasteiger partial charge on any atom is -0.336 e. The predicted molar refractivity (Wildman–Crippen MR) is 117 cm³/mol. The molecule has 1 amide bonds. The molecule has 1 aliphatic rings. The Labute approximate surface area is 187 Å². The van der Waals surface area contributed by atoms with Gasteiger partial charge >= 0.3 is 0 Å². The number of halogens is 2. The SMILES string of the molecule is CCN(CC)S(=O)(=O)N1CCN(C(=O)c2c(C)nn(Cc3ccc(F)cc3)c2Cl)CC1. The summed E-state index contributed by atoms with van der Waals surface area (Å²) in [6.07, 6.45) is 0. The third kappa shape index (κ3) is 4.92. The van der Waals surface area contributed by atoms with Crippen molar-refractivity contribution in [2.75, 3.05) is 39.3 Å². The number of hydrogen-bond acceptors (Lipinski definition) is 4. The van der Waals surface area contributed by atoms with Gasteiger partial charge in [0.2, 0.25) is 0 Å². The average molecular weight is 472 g/mol. The van der Waals surface area contributed by atoms with Crippen LogP contribution in [-0.2, 0) is 16.8 Å². The van der Waals surface area contributed by atoms with E-state index in [1.165, 1.54) is 25.4 Å². The topological polar surface area (TPSA) is 78.8 Å². The van der Waals surface area contributed by atoms with Gasteiger partial charge in [0.15, 0.2) is 0 Å². The van der Waals surface area contributed by atoms with E-state index in [1.54, 1.807) is 37.8 Å². The van der Waals surface area contributed by atoms with E-state index in [9.17, 15) is 17.6 Å². The van der Waals surface area contributed by atoms with Gasteiger partial charge in [0, 0.05) is 39.3 Å². The molecule has 31 heavy (non-hydrogen) atoms. The summed E-state index contributed by atoms with van der Waals surface area (Å²) in [5.74, 6) is -0.600. The van der Waals surface area contributed by atoms with Crippen LogP contribution in [0.25, 0.3) is 0 Å². The maximum atomic E-state index is 13.1. The largest absolute Gasteiger partial charge is 0.336 e. The standard InChI is InChI=1S/C20H27ClFN5O3S/c1-4-25(5-2)31(29,30)26-12-10-24(11-13-26)20(28)18-15(3)23-27(19(18)21)14-16-6-8-17(22)9-7-16/h6-9H,4-5,10-14H2,1-3H3. The second-order valence-electron chi connectivity index (χ2n) is 7.32. The molecule has 0 atom stereocenters. The molecule has 2 aromatic rings. The number of amides is 1.